The van der Waals surface area contributed by atoms with Crippen molar-refractivity contribution in [1.29, 1.82) is 0 Å². The molecule has 0 saturated heterocycles. The monoisotopic (exact) mass is 425 g/mol. The van der Waals surface area contributed by atoms with Gasteiger partial charge in [-0.1, -0.05) is 74.0 Å². The highest BCUT2D eigenvalue weighted by Gasteiger charge is 2.50. The number of carbonyl (C=O) groups is 2. The van der Waals surface area contributed by atoms with Gasteiger partial charge in [-0.3, -0.25) is 9.59 Å². The molecule has 0 fully saturated rings. The number of hydrogen-bond donors (Lipinski definition) is 1. The highest BCUT2D eigenvalue weighted by atomic mass is 16.5. The molecule has 1 aliphatic heterocycles. The number of hydrogen-bond acceptors (Lipinski definition) is 4. The number of esters is 1. The van der Waals surface area contributed by atoms with E-state index in [9.17, 15) is 9.59 Å². The van der Waals surface area contributed by atoms with E-state index in [0.29, 0.717) is 17.7 Å². The van der Waals surface area contributed by atoms with Gasteiger partial charge in [-0.15, -0.1) is 0 Å². The summed E-state index contributed by atoms with van der Waals surface area (Å²) < 4.78 is 5.20. The summed E-state index contributed by atoms with van der Waals surface area (Å²) in [7, 11) is 1.41. The van der Waals surface area contributed by atoms with Gasteiger partial charge in [0.25, 0.3) is 0 Å². The number of fused-ring (bicyclic) bond motifs is 3. The molecule has 0 unspecified atom stereocenters. The summed E-state index contributed by atoms with van der Waals surface area (Å²) in [5, 5.41) is 5.75. The Morgan fingerprint density at radius 3 is 2.47 bits per heavy atom. The number of ether oxygens (including phenoxy) is 1. The molecular weight excluding hydrogens is 398 g/mol. The molecule has 3 aromatic carbocycles. The minimum absolute atomic E-state index is 0.0850. The fraction of sp³-hybridized carbons (Fsp3) is 0.286. The van der Waals surface area contributed by atoms with Crippen molar-refractivity contribution >= 4 is 28.2 Å². The van der Waals surface area contributed by atoms with Crippen molar-refractivity contribution in [3.63, 3.8) is 0 Å². The lowest BCUT2D eigenvalue weighted by Gasteiger charge is -2.44. The normalized spacial score (nSPS) is 21.6. The summed E-state index contributed by atoms with van der Waals surface area (Å²) >= 11 is 0. The number of anilines is 1. The Kier molecular flexibility index (Phi) is 4.70. The Labute approximate surface area is 188 Å². The number of allylic oxidation sites excluding steroid dienone is 1. The summed E-state index contributed by atoms with van der Waals surface area (Å²) in [6.45, 7) is 5.99. The maximum Gasteiger partial charge on any atom is 0.315 e. The highest BCUT2D eigenvalue weighted by molar-refractivity contribution is 6.06. The second-order valence-electron chi connectivity index (χ2n) is 9.59. The molecule has 0 spiro atoms. The van der Waals surface area contributed by atoms with Gasteiger partial charge in [-0.2, -0.15) is 0 Å². The molecule has 1 N–H and O–H groups in total. The van der Waals surface area contributed by atoms with Crippen LogP contribution in [0.5, 0.6) is 0 Å². The first-order valence-corrected chi connectivity index (χ1v) is 11.0. The summed E-state index contributed by atoms with van der Waals surface area (Å²) in [4.78, 5) is 26.6. The predicted molar refractivity (Wildman–Crippen MR) is 127 cm³/mol. The third-order valence-electron chi connectivity index (χ3n) is 6.94. The molecule has 0 bridgehead atoms. The summed E-state index contributed by atoms with van der Waals surface area (Å²) in [5.41, 5.74) is 5.08. The zero-order chi connectivity index (χ0) is 22.6. The van der Waals surface area contributed by atoms with E-state index >= 15 is 0 Å². The van der Waals surface area contributed by atoms with E-state index in [1.165, 1.54) is 12.7 Å². The van der Waals surface area contributed by atoms with Crippen LogP contribution in [0.3, 0.4) is 0 Å². The number of Topliss-reactive ketones (excluding diaryl/α,β-unsaturated/α-hetero) is 1. The number of carbonyl (C=O) groups excluding carboxylic acids is 2. The third-order valence-corrected chi connectivity index (χ3v) is 6.94. The van der Waals surface area contributed by atoms with Crippen molar-refractivity contribution in [1.82, 2.24) is 0 Å². The molecule has 4 heteroatoms. The summed E-state index contributed by atoms with van der Waals surface area (Å²) in [6, 6.07) is 20.8. The van der Waals surface area contributed by atoms with Gasteiger partial charge in [-0.25, -0.2) is 0 Å². The van der Waals surface area contributed by atoms with Crippen LogP contribution in [0, 0.1) is 18.3 Å². The predicted octanol–water partition coefficient (Wildman–Crippen LogP) is 5.75. The molecule has 2 atom stereocenters. The van der Waals surface area contributed by atoms with Gasteiger partial charge in [0.05, 0.1) is 7.11 Å². The zero-order valence-electron chi connectivity index (χ0n) is 18.9. The lowest BCUT2D eigenvalue weighted by atomic mass is 9.63. The lowest BCUT2D eigenvalue weighted by molar-refractivity contribution is -0.148. The summed E-state index contributed by atoms with van der Waals surface area (Å²) in [6.07, 6.45) is 0.301. The Balaban J connectivity index is 1.84. The Bertz CT molecular complexity index is 1280. The molecule has 0 amide bonds. The van der Waals surface area contributed by atoms with Gasteiger partial charge in [0, 0.05) is 29.3 Å². The fourth-order valence-electron chi connectivity index (χ4n) is 5.42. The number of methoxy groups -OCH3 is 1. The average Bonchev–Trinajstić information content (AvgIpc) is 2.77. The number of nitrogens with one attached hydrogen (secondary N) is 1. The van der Waals surface area contributed by atoms with Crippen molar-refractivity contribution < 1.29 is 14.3 Å². The van der Waals surface area contributed by atoms with Crippen LogP contribution in [0.25, 0.3) is 10.8 Å². The highest BCUT2D eigenvalue weighted by Crippen LogP contribution is 2.53. The van der Waals surface area contributed by atoms with E-state index in [2.05, 4.69) is 60.8 Å². The van der Waals surface area contributed by atoms with Crippen LogP contribution in [0.15, 0.2) is 71.9 Å². The maximum absolute atomic E-state index is 13.6. The SMILES string of the molecule is COC(=O)[C@@H]1C2=C(C(=O)CC1(C)C)[C@H](c1ccc(C)cc1)c1c(ccc3ccccc13)N2. The van der Waals surface area contributed by atoms with Gasteiger partial charge in [-0.05, 0) is 40.3 Å². The molecule has 32 heavy (non-hydrogen) atoms. The van der Waals surface area contributed by atoms with Crippen molar-refractivity contribution in [3.05, 3.63) is 88.6 Å². The third kappa shape index (κ3) is 3.05. The molecule has 1 heterocycles. The van der Waals surface area contributed by atoms with Gasteiger partial charge >= 0.3 is 5.97 Å². The molecule has 0 radical (unpaired) electrons. The van der Waals surface area contributed by atoms with E-state index in [1.807, 2.05) is 26.0 Å². The topological polar surface area (TPSA) is 55.4 Å². The standard InChI is InChI=1S/C28H27NO3/c1-16-9-11-18(12-10-16)22-23-19-8-6-5-7-17(19)13-14-20(23)29-26-24(22)21(30)15-28(2,3)25(26)27(31)32-4/h5-14,22,25,29H,15H2,1-4H3/t22-,25+/m1/s1. The van der Waals surface area contributed by atoms with Gasteiger partial charge in [0.2, 0.25) is 0 Å². The second kappa shape index (κ2) is 7.33. The van der Waals surface area contributed by atoms with Crippen LogP contribution in [0.4, 0.5) is 5.69 Å². The van der Waals surface area contributed by atoms with E-state index in [1.54, 1.807) is 0 Å². The largest absolute Gasteiger partial charge is 0.468 e. The van der Waals surface area contributed by atoms with E-state index in [0.717, 1.165) is 27.6 Å². The quantitative estimate of drug-likeness (QED) is 0.531. The van der Waals surface area contributed by atoms with Crippen LogP contribution in [-0.2, 0) is 14.3 Å². The molecule has 3 aromatic rings. The van der Waals surface area contributed by atoms with E-state index in [4.69, 9.17) is 4.74 Å². The van der Waals surface area contributed by atoms with Gasteiger partial charge in [0.1, 0.15) is 5.92 Å². The smallest absolute Gasteiger partial charge is 0.315 e. The minimum Gasteiger partial charge on any atom is -0.468 e. The maximum atomic E-state index is 13.6. The number of rotatable bonds is 2. The molecule has 5 rings (SSSR count). The van der Waals surface area contributed by atoms with Crippen LogP contribution < -0.4 is 5.32 Å². The number of ketones is 1. The van der Waals surface area contributed by atoms with Crippen LogP contribution in [0.1, 0.15) is 42.9 Å². The number of aryl methyl sites for hydroxylation is 1. The molecule has 2 aliphatic rings. The van der Waals surface area contributed by atoms with Crippen LogP contribution in [0.2, 0.25) is 0 Å². The van der Waals surface area contributed by atoms with Crippen LogP contribution in [-0.4, -0.2) is 18.9 Å². The van der Waals surface area contributed by atoms with Crippen molar-refractivity contribution in [2.45, 2.75) is 33.1 Å². The van der Waals surface area contributed by atoms with Gasteiger partial charge in [0.15, 0.2) is 5.78 Å². The minimum atomic E-state index is -0.539. The molecule has 0 aromatic heterocycles. The van der Waals surface area contributed by atoms with Crippen molar-refractivity contribution in [2.24, 2.45) is 11.3 Å². The van der Waals surface area contributed by atoms with E-state index in [-0.39, 0.29) is 17.7 Å². The van der Waals surface area contributed by atoms with Crippen molar-refractivity contribution in [3.8, 4) is 0 Å². The first-order chi connectivity index (χ1) is 15.3. The zero-order valence-corrected chi connectivity index (χ0v) is 18.9. The first kappa shape index (κ1) is 20.5. The summed E-state index contributed by atoms with van der Waals surface area (Å²) in [5.74, 6) is -1.01. The van der Waals surface area contributed by atoms with Gasteiger partial charge < -0.3 is 10.1 Å². The molecule has 0 saturated carbocycles. The number of benzene rings is 3. The Morgan fingerprint density at radius 1 is 1.03 bits per heavy atom. The second-order valence-corrected chi connectivity index (χ2v) is 9.59. The molecule has 1 aliphatic carbocycles. The lowest BCUT2D eigenvalue weighted by Crippen LogP contribution is -2.44. The molecular formula is C28H27NO3. The van der Waals surface area contributed by atoms with E-state index < -0.39 is 11.3 Å². The first-order valence-electron chi connectivity index (χ1n) is 11.0. The Morgan fingerprint density at radius 2 is 1.75 bits per heavy atom. The average molecular weight is 426 g/mol. The molecule has 162 valence electrons. The molecule has 4 nitrogen and oxygen atoms in total. The van der Waals surface area contributed by atoms with Crippen LogP contribution >= 0.6 is 0 Å². The van der Waals surface area contributed by atoms with Crippen molar-refractivity contribution in [2.75, 3.05) is 12.4 Å². The Hall–Kier alpha value is -3.40. The fourth-order valence-corrected chi connectivity index (χ4v) is 5.42.